The van der Waals surface area contributed by atoms with Crippen molar-refractivity contribution in [3.05, 3.63) is 29.8 Å². The van der Waals surface area contributed by atoms with Crippen LogP contribution in [0.4, 0.5) is 0 Å². The second-order valence-corrected chi connectivity index (χ2v) is 6.24. The van der Waals surface area contributed by atoms with E-state index < -0.39 is 5.97 Å². The molecule has 26 heavy (non-hydrogen) atoms. The lowest BCUT2D eigenvalue weighted by Crippen LogP contribution is -2.36. The molecule has 0 N–H and O–H groups in total. The Morgan fingerprint density at radius 3 is 2.12 bits per heavy atom. The Labute approximate surface area is 154 Å². The molecule has 1 aliphatic rings. The largest absolute Gasteiger partial charge is 0.497 e. The van der Waals surface area contributed by atoms with Gasteiger partial charge in [-0.2, -0.15) is 0 Å². The second kappa shape index (κ2) is 10.5. The van der Waals surface area contributed by atoms with Gasteiger partial charge in [-0.15, -0.1) is 0 Å². The average molecular weight is 361 g/mol. The maximum Gasteiger partial charge on any atom is 0.331 e. The van der Waals surface area contributed by atoms with Gasteiger partial charge in [0.15, 0.2) is 6.61 Å². The van der Waals surface area contributed by atoms with Crippen molar-refractivity contribution in [2.75, 3.05) is 33.9 Å². The number of ether oxygens (including phenoxy) is 3. The van der Waals surface area contributed by atoms with Crippen LogP contribution in [0, 0.1) is 0 Å². The zero-order chi connectivity index (χ0) is 18.8. The normalized spacial score (nSPS) is 15.2. The summed E-state index contributed by atoms with van der Waals surface area (Å²) >= 11 is 0. The molecule has 1 aromatic rings. The number of carbonyl (C=O) groups excluding carboxylic acids is 2. The Morgan fingerprint density at radius 1 is 0.962 bits per heavy atom. The van der Waals surface area contributed by atoms with E-state index in [-0.39, 0.29) is 12.5 Å². The Bertz CT molecular complexity index is 611. The highest BCUT2D eigenvalue weighted by Gasteiger charge is 2.15. The number of hydrogen-bond acceptors (Lipinski definition) is 5. The van der Waals surface area contributed by atoms with E-state index in [4.69, 9.17) is 14.2 Å². The van der Waals surface area contributed by atoms with E-state index in [1.807, 2.05) is 0 Å². The van der Waals surface area contributed by atoms with E-state index in [2.05, 4.69) is 0 Å². The van der Waals surface area contributed by atoms with Gasteiger partial charge in [0.1, 0.15) is 11.5 Å². The van der Waals surface area contributed by atoms with E-state index in [1.165, 1.54) is 12.5 Å². The molecule has 0 aromatic heterocycles. The smallest absolute Gasteiger partial charge is 0.331 e. The Hall–Kier alpha value is -2.50. The van der Waals surface area contributed by atoms with Gasteiger partial charge < -0.3 is 19.1 Å². The number of hydrogen-bond donors (Lipinski definition) is 0. The van der Waals surface area contributed by atoms with E-state index in [9.17, 15) is 9.59 Å². The first-order chi connectivity index (χ1) is 12.6. The molecule has 1 aromatic carbocycles. The van der Waals surface area contributed by atoms with Crippen LogP contribution in [-0.4, -0.2) is 50.7 Å². The maximum absolute atomic E-state index is 12.2. The van der Waals surface area contributed by atoms with Gasteiger partial charge >= 0.3 is 5.97 Å². The predicted octanol–water partition coefficient (Wildman–Crippen LogP) is 3.05. The number of rotatable bonds is 6. The van der Waals surface area contributed by atoms with Crippen molar-refractivity contribution in [2.24, 2.45) is 0 Å². The molecule has 0 unspecified atom stereocenters. The molecule has 142 valence electrons. The van der Waals surface area contributed by atoms with Gasteiger partial charge in [0.2, 0.25) is 0 Å². The van der Waals surface area contributed by atoms with Crippen LogP contribution in [0.15, 0.2) is 24.3 Å². The summed E-state index contributed by atoms with van der Waals surface area (Å²) in [6.07, 6.45) is 8.46. The van der Waals surface area contributed by atoms with Gasteiger partial charge in [0.05, 0.1) is 14.2 Å². The molecule has 0 spiro atoms. The summed E-state index contributed by atoms with van der Waals surface area (Å²) in [5.74, 6) is 0.582. The molecule has 1 aliphatic heterocycles. The first-order valence-electron chi connectivity index (χ1n) is 8.98. The monoisotopic (exact) mass is 361 g/mol. The van der Waals surface area contributed by atoms with Gasteiger partial charge in [0, 0.05) is 25.2 Å². The molecule has 0 atom stereocenters. The molecule has 2 rings (SSSR count). The van der Waals surface area contributed by atoms with Crippen LogP contribution in [0.3, 0.4) is 0 Å². The summed E-state index contributed by atoms with van der Waals surface area (Å²) in [5, 5.41) is 0. The molecular weight excluding hydrogens is 334 g/mol. The van der Waals surface area contributed by atoms with Crippen molar-refractivity contribution in [3.8, 4) is 11.5 Å². The molecule has 6 nitrogen and oxygen atoms in total. The van der Waals surface area contributed by atoms with Crippen molar-refractivity contribution < 1.29 is 23.8 Å². The van der Waals surface area contributed by atoms with Crippen molar-refractivity contribution in [3.63, 3.8) is 0 Å². The van der Waals surface area contributed by atoms with Gasteiger partial charge in [-0.3, -0.25) is 4.79 Å². The Kier molecular flexibility index (Phi) is 7.99. The van der Waals surface area contributed by atoms with Gasteiger partial charge in [-0.25, -0.2) is 4.79 Å². The zero-order valence-corrected chi connectivity index (χ0v) is 15.5. The molecule has 0 aliphatic carbocycles. The highest BCUT2D eigenvalue weighted by atomic mass is 16.5. The number of nitrogens with zero attached hydrogens (tertiary/aromatic N) is 1. The lowest BCUT2D eigenvalue weighted by Gasteiger charge is -2.24. The minimum Gasteiger partial charge on any atom is -0.497 e. The summed E-state index contributed by atoms with van der Waals surface area (Å²) in [7, 11) is 3.12. The third-order valence-corrected chi connectivity index (χ3v) is 4.33. The summed E-state index contributed by atoms with van der Waals surface area (Å²) < 4.78 is 15.5. The fraction of sp³-hybridized carbons (Fsp3) is 0.500. The zero-order valence-electron chi connectivity index (χ0n) is 15.5. The van der Waals surface area contributed by atoms with Crippen LogP contribution in [0.1, 0.15) is 37.7 Å². The van der Waals surface area contributed by atoms with Crippen LogP contribution in [0.25, 0.3) is 6.08 Å². The van der Waals surface area contributed by atoms with E-state index in [0.717, 1.165) is 44.3 Å². The highest BCUT2D eigenvalue weighted by Crippen LogP contribution is 2.23. The number of amides is 1. The second-order valence-electron chi connectivity index (χ2n) is 6.24. The van der Waals surface area contributed by atoms with Crippen LogP contribution in [0.2, 0.25) is 0 Å². The fourth-order valence-electron chi connectivity index (χ4n) is 2.86. The van der Waals surface area contributed by atoms with Gasteiger partial charge in [0.25, 0.3) is 5.91 Å². The third kappa shape index (κ3) is 6.43. The summed E-state index contributed by atoms with van der Waals surface area (Å²) in [6, 6.07) is 5.30. The van der Waals surface area contributed by atoms with Crippen molar-refractivity contribution >= 4 is 18.0 Å². The molecule has 1 heterocycles. The number of methoxy groups -OCH3 is 2. The quantitative estimate of drug-likeness (QED) is 0.575. The van der Waals surface area contributed by atoms with Crippen LogP contribution in [-0.2, 0) is 14.3 Å². The number of benzene rings is 1. The maximum atomic E-state index is 12.2. The average Bonchev–Trinajstić information content (AvgIpc) is 2.63. The topological polar surface area (TPSA) is 65.1 Å². The van der Waals surface area contributed by atoms with Gasteiger partial charge in [-0.05, 0) is 36.6 Å². The lowest BCUT2D eigenvalue weighted by molar-refractivity contribution is -0.148. The van der Waals surface area contributed by atoms with Gasteiger partial charge in [-0.1, -0.05) is 19.3 Å². The third-order valence-electron chi connectivity index (χ3n) is 4.33. The molecule has 1 fully saturated rings. The van der Waals surface area contributed by atoms with Crippen LogP contribution >= 0.6 is 0 Å². The molecule has 0 saturated carbocycles. The van der Waals surface area contributed by atoms with Crippen molar-refractivity contribution in [1.29, 1.82) is 0 Å². The highest BCUT2D eigenvalue weighted by molar-refractivity contribution is 5.89. The van der Waals surface area contributed by atoms with Crippen molar-refractivity contribution in [1.82, 2.24) is 4.90 Å². The molecule has 0 bridgehead atoms. The van der Waals surface area contributed by atoms with E-state index >= 15 is 0 Å². The molecular formula is C20H27NO5. The lowest BCUT2D eigenvalue weighted by atomic mass is 10.1. The molecule has 1 amide bonds. The fourth-order valence-corrected chi connectivity index (χ4v) is 2.86. The molecule has 1 saturated heterocycles. The first-order valence-corrected chi connectivity index (χ1v) is 8.98. The number of likely N-dealkylation sites (tertiary alicyclic amines) is 1. The number of carbonyl (C=O) groups is 2. The first kappa shape index (κ1) is 19.8. The van der Waals surface area contributed by atoms with E-state index in [0.29, 0.717) is 11.5 Å². The molecule has 6 heteroatoms. The number of esters is 1. The van der Waals surface area contributed by atoms with E-state index in [1.54, 1.807) is 43.4 Å². The summed E-state index contributed by atoms with van der Waals surface area (Å²) in [5.41, 5.74) is 0.744. The Morgan fingerprint density at radius 2 is 1.54 bits per heavy atom. The Balaban J connectivity index is 1.85. The standard InChI is InChI=1S/C20H27NO5/c1-24-17-12-16(13-18(14-17)25-2)8-9-20(23)26-15-19(22)21-10-6-4-3-5-7-11-21/h8-9,12-14H,3-7,10-11,15H2,1-2H3/b9-8+. The summed E-state index contributed by atoms with van der Waals surface area (Å²) in [6.45, 7) is 1.27. The summed E-state index contributed by atoms with van der Waals surface area (Å²) in [4.78, 5) is 25.9. The predicted molar refractivity (Wildman–Crippen MR) is 99.2 cm³/mol. The minimum atomic E-state index is -0.549. The minimum absolute atomic E-state index is 0.128. The van der Waals surface area contributed by atoms with Crippen molar-refractivity contribution in [2.45, 2.75) is 32.1 Å². The molecule has 0 radical (unpaired) electrons. The SMILES string of the molecule is COc1cc(/C=C/C(=O)OCC(=O)N2CCCCCCC2)cc(OC)c1. The van der Waals surface area contributed by atoms with Crippen LogP contribution < -0.4 is 9.47 Å². The van der Waals surface area contributed by atoms with Crippen LogP contribution in [0.5, 0.6) is 11.5 Å².